The predicted octanol–water partition coefficient (Wildman–Crippen LogP) is 3.09. The topological polar surface area (TPSA) is 97.1 Å². The van der Waals surface area contributed by atoms with Crippen LogP contribution in [0, 0.1) is 11.8 Å². The monoisotopic (exact) mass is 386 g/mol. The quantitative estimate of drug-likeness (QED) is 0.741. The molecule has 0 aliphatic heterocycles. The molecule has 2 bridgehead atoms. The summed E-state index contributed by atoms with van der Waals surface area (Å²) in [7, 11) is 0. The molecule has 3 unspecified atom stereocenters. The average Bonchev–Trinajstić information content (AvgIpc) is 3.36. The van der Waals surface area contributed by atoms with Gasteiger partial charge in [-0.2, -0.15) is 0 Å². The maximum absolute atomic E-state index is 12.2. The third-order valence-corrected chi connectivity index (χ3v) is 6.07. The van der Waals surface area contributed by atoms with E-state index in [0.29, 0.717) is 34.3 Å². The lowest BCUT2D eigenvalue weighted by molar-refractivity contribution is -0.119. The standard InChI is InChI=1S/C19H22N4O3S/c1-11(24)20-15-4-2-3-14(9-15)18-22-23-19(26-18)27-10-17(25)21-16-8-12-5-6-13(16)7-12/h2-4,9,12-13,16H,5-8,10H2,1H3,(H,20,24)(H,21,25). The molecule has 2 aliphatic rings. The number of carbonyl (C=O) groups excluding carboxylic acids is 2. The molecule has 2 saturated carbocycles. The van der Waals surface area contributed by atoms with Crippen LogP contribution in [0.15, 0.2) is 33.9 Å². The number of hydrogen-bond acceptors (Lipinski definition) is 6. The molecule has 2 fully saturated rings. The first-order chi connectivity index (χ1) is 13.1. The molecular weight excluding hydrogens is 364 g/mol. The molecular formula is C19H22N4O3S. The van der Waals surface area contributed by atoms with E-state index in [9.17, 15) is 9.59 Å². The van der Waals surface area contributed by atoms with E-state index in [-0.39, 0.29) is 17.6 Å². The number of thioether (sulfide) groups is 1. The number of benzene rings is 1. The van der Waals surface area contributed by atoms with Crippen molar-refractivity contribution in [3.8, 4) is 11.5 Å². The Morgan fingerprint density at radius 1 is 1.26 bits per heavy atom. The SMILES string of the molecule is CC(=O)Nc1cccc(-c2nnc(SCC(=O)NC3CC4CCC3C4)o2)c1. The van der Waals surface area contributed by atoms with Gasteiger partial charge in [0.1, 0.15) is 0 Å². The molecule has 2 amide bonds. The maximum Gasteiger partial charge on any atom is 0.277 e. The van der Waals surface area contributed by atoms with Gasteiger partial charge >= 0.3 is 0 Å². The Bertz CT molecular complexity index is 853. The summed E-state index contributed by atoms with van der Waals surface area (Å²) in [6.07, 6.45) is 4.95. The van der Waals surface area contributed by atoms with E-state index in [4.69, 9.17) is 4.42 Å². The van der Waals surface area contributed by atoms with Crippen LogP contribution in [0.2, 0.25) is 0 Å². The number of anilines is 1. The van der Waals surface area contributed by atoms with Crippen molar-refractivity contribution < 1.29 is 14.0 Å². The van der Waals surface area contributed by atoms with Crippen LogP contribution in [0.3, 0.4) is 0 Å². The molecule has 3 atom stereocenters. The number of amides is 2. The van der Waals surface area contributed by atoms with E-state index in [0.717, 1.165) is 12.3 Å². The third kappa shape index (κ3) is 4.32. The molecule has 142 valence electrons. The minimum atomic E-state index is -0.143. The average molecular weight is 386 g/mol. The fourth-order valence-electron chi connectivity index (χ4n) is 4.12. The summed E-state index contributed by atoms with van der Waals surface area (Å²) < 4.78 is 5.65. The predicted molar refractivity (Wildman–Crippen MR) is 102 cm³/mol. The van der Waals surface area contributed by atoms with E-state index in [1.54, 1.807) is 18.2 Å². The molecule has 2 N–H and O–H groups in total. The second-order valence-electron chi connectivity index (χ2n) is 7.27. The Hall–Kier alpha value is -2.35. The van der Waals surface area contributed by atoms with Crippen molar-refractivity contribution in [3.63, 3.8) is 0 Å². The molecule has 1 heterocycles. The van der Waals surface area contributed by atoms with Gasteiger partial charge in [-0.1, -0.05) is 24.2 Å². The summed E-state index contributed by atoms with van der Waals surface area (Å²) in [5, 5.41) is 14.3. The Kier molecular flexibility index (Phi) is 5.15. The number of nitrogens with one attached hydrogen (secondary N) is 2. The van der Waals surface area contributed by atoms with Crippen molar-refractivity contribution in [3.05, 3.63) is 24.3 Å². The maximum atomic E-state index is 12.2. The minimum Gasteiger partial charge on any atom is -0.411 e. The Labute approximate surface area is 161 Å². The fraction of sp³-hybridized carbons (Fsp3) is 0.474. The van der Waals surface area contributed by atoms with Crippen LogP contribution in [0.4, 0.5) is 5.69 Å². The zero-order valence-electron chi connectivity index (χ0n) is 15.1. The van der Waals surface area contributed by atoms with Crippen molar-refractivity contribution in [2.45, 2.75) is 43.9 Å². The normalized spacial score (nSPS) is 23.4. The largest absolute Gasteiger partial charge is 0.411 e. The van der Waals surface area contributed by atoms with Gasteiger partial charge in [-0.3, -0.25) is 9.59 Å². The fourth-order valence-corrected chi connectivity index (χ4v) is 4.69. The van der Waals surface area contributed by atoms with Gasteiger partial charge in [0, 0.05) is 24.2 Å². The van der Waals surface area contributed by atoms with Crippen molar-refractivity contribution in [2.75, 3.05) is 11.1 Å². The van der Waals surface area contributed by atoms with Crippen molar-refractivity contribution in [1.29, 1.82) is 0 Å². The molecule has 1 aromatic heterocycles. The lowest BCUT2D eigenvalue weighted by Gasteiger charge is -2.22. The lowest BCUT2D eigenvalue weighted by Crippen LogP contribution is -2.39. The van der Waals surface area contributed by atoms with E-state index in [1.807, 2.05) is 6.07 Å². The highest BCUT2D eigenvalue weighted by Gasteiger charge is 2.40. The van der Waals surface area contributed by atoms with Crippen LogP contribution < -0.4 is 10.6 Å². The Morgan fingerprint density at radius 2 is 2.15 bits per heavy atom. The minimum absolute atomic E-state index is 0.0185. The van der Waals surface area contributed by atoms with E-state index in [2.05, 4.69) is 20.8 Å². The van der Waals surface area contributed by atoms with Gasteiger partial charge in [0.25, 0.3) is 5.22 Å². The summed E-state index contributed by atoms with van der Waals surface area (Å²) >= 11 is 1.24. The second-order valence-corrected chi connectivity index (χ2v) is 8.20. The number of hydrogen-bond donors (Lipinski definition) is 2. The van der Waals surface area contributed by atoms with Gasteiger partial charge in [0.05, 0.1) is 5.75 Å². The van der Waals surface area contributed by atoms with Crippen molar-refractivity contribution in [2.24, 2.45) is 11.8 Å². The molecule has 0 radical (unpaired) electrons. The third-order valence-electron chi connectivity index (χ3n) is 5.25. The number of nitrogens with zero attached hydrogens (tertiary/aromatic N) is 2. The van der Waals surface area contributed by atoms with Gasteiger partial charge in [-0.05, 0) is 49.3 Å². The first-order valence-corrected chi connectivity index (χ1v) is 10.2. The lowest BCUT2D eigenvalue weighted by atomic mass is 9.95. The smallest absolute Gasteiger partial charge is 0.277 e. The number of carbonyl (C=O) groups is 2. The molecule has 1 aromatic carbocycles. The zero-order chi connectivity index (χ0) is 18.8. The highest BCUT2D eigenvalue weighted by atomic mass is 32.2. The molecule has 8 heteroatoms. The zero-order valence-corrected chi connectivity index (χ0v) is 15.9. The summed E-state index contributed by atoms with van der Waals surface area (Å²) in [4.78, 5) is 23.4. The van der Waals surface area contributed by atoms with E-state index in [1.165, 1.54) is 37.9 Å². The van der Waals surface area contributed by atoms with Gasteiger partial charge in [0.2, 0.25) is 17.7 Å². The summed E-state index contributed by atoms with van der Waals surface area (Å²) in [6.45, 7) is 1.45. The summed E-state index contributed by atoms with van der Waals surface area (Å²) in [5.74, 6) is 1.97. The van der Waals surface area contributed by atoms with Gasteiger partial charge in [-0.25, -0.2) is 0 Å². The first-order valence-electron chi connectivity index (χ1n) is 9.20. The molecule has 2 aliphatic carbocycles. The molecule has 27 heavy (non-hydrogen) atoms. The van der Waals surface area contributed by atoms with E-state index >= 15 is 0 Å². The number of aromatic nitrogens is 2. The number of rotatable bonds is 6. The first kappa shape index (κ1) is 18.0. The molecule has 4 rings (SSSR count). The Balaban J connectivity index is 1.31. The van der Waals surface area contributed by atoms with Gasteiger partial charge in [-0.15, -0.1) is 10.2 Å². The molecule has 2 aromatic rings. The van der Waals surface area contributed by atoms with E-state index < -0.39 is 0 Å². The van der Waals surface area contributed by atoms with Gasteiger partial charge in [0.15, 0.2) is 0 Å². The summed E-state index contributed by atoms with van der Waals surface area (Å²) in [5.41, 5.74) is 1.38. The van der Waals surface area contributed by atoms with Crippen LogP contribution in [0.25, 0.3) is 11.5 Å². The summed E-state index contributed by atoms with van der Waals surface area (Å²) in [6, 6.07) is 7.53. The second kappa shape index (κ2) is 7.72. The molecule has 7 nitrogen and oxygen atoms in total. The van der Waals surface area contributed by atoms with Crippen LogP contribution in [-0.2, 0) is 9.59 Å². The van der Waals surface area contributed by atoms with Crippen LogP contribution in [0.1, 0.15) is 32.6 Å². The highest BCUT2D eigenvalue weighted by molar-refractivity contribution is 7.99. The van der Waals surface area contributed by atoms with Crippen molar-refractivity contribution in [1.82, 2.24) is 15.5 Å². The van der Waals surface area contributed by atoms with Gasteiger partial charge < -0.3 is 15.1 Å². The highest BCUT2D eigenvalue weighted by Crippen LogP contribution is 2.44. The molecule has 0 spiro atoms. The number of fused-ring (bicyclic) bond motifs is 2. The van der Waals surface area contributed by atoms with Crippen LogP contribution in [0.5, 0.6) is 0 Å². The van der Waals surface area contributed by atoms with Crippen LogP contribution in [-0.4, -0.2) is 33.8 Å². The molecule has 0 saturated heterocycles. The van der Waals surface area contributed by atoms with Crippen LogP contribution >= 0.6 is 11.8 Å². The van der Waals surface area contributed by atoms with Crippen molar-refractivity contribution >= 4 is 29.3 Å². The Morgan fingerprint density at radius 3 is 2.89 bits per heavy atom.